The first kappa shape index (κ1) is 19.4. The first-order chi connectivity index (χ1) is 13.0. The van der Waals surface area contributed by atoms with E-state index in [9.17, 15) is 13.2 Å². The Bertz CT molecular complexity index is 888. The number of ether oxygens (including phenoxy) is 2. The molecule has 0 N–H and O–H groups in total. The third-order valence-electron chi connectivity index (χ3n) is 4.54. The first-order valence-electron chi connectivity index (χ1n) is 8.98. The summed E-state index contributed by atoms with van der Waals surface area (Å²) in [4.78, 5) is 12.4. The highest BCUT2D eigenvalue weighted by Gasteiger charge is 2.29. The Hall–Kier alpha value is -2.38. The van der Waals surface area contributed by atoms with Crippen molar-refractivity contribution >= 4 is 16.0 Å². The van der Waals surface area contributed by atoms with Crippen molar-refractivity contribution < 1.29 is 22.7 Å². The quantitative estimate of drug-likeness (QED) is 0.578. The molecule has 6 nitrogen and oxygen atoms in total. The molecule has 2 aromatic carbocycles. The number of nitrogens with zero attached hydrogens (tertiary/aromatic N) is 1. The van der Waals surface area contributed by atoms with Crippen molar-refractivity contribution in [3.05, 3.63) is 54.1 Å². The minimum absolute atomic E-state index is 0.00517. The topological polar surface area (TPSA) is 72.9 Å². The number of para-hydroxylation sites is 1. The van der Waals surface area contributed by atoms with E-state index in [4.69, 9.17) is 9.47 Å². The number of carbonyl (C=O) groups excluding carboxylic acids is 1. The van der Waals surface area contributed by atoms with Crippen LogP contribution in [-0.2, 0) is 10.0 Å². The van der Waals surface area contributed by atoms with E-state index in [0.717, 1.165) is 25.7 Å². The van der Waals surface area contributed by atoms with Crippen LogP contribution in [-0.4, -0.2) is 38.9 Å². The van der Waals surface area contributed by atoms with Gasteiger partial charge in [0.1, 0.15) is 16.4 Å². The zero-order valence-electron chi connectivity index (χ0n) is 15.3. The predicted molar refractivity (Wildman–Crippen MR) is 102 cm³/mol. The Labute approximate surface area is 159 Å². The maximum atomic E-state index is 13.1. The third kappa shape index (κ3) is 4.48. The van der Waals surface area contributed by atoms with Crippen molar-refractivity contribution in [3.63, 3.8) is 0 Å². The largest absolute Gasteiger partial charge is 0.495 e. The fourth-order valence-electron chi connectivity index (χ4n) is 3.08. The van der Waals surface area contributed by atoms with E-state index in [1.54, 1.807) is 24.3 Å². The van der Waals surface area contributed by atoms with Crippen LogP contribution in [0.5, 0.6) is 11.5 Å². The Morgan fingerprint density at radius 1 is 0.963 bits per heavy atom. The number of hydrogen-bond acceptors (Lipinski definition) is 5. The summed E-state index contributed by atoms with van der Waals surface area (Å²) in [5.41, 5.74) is 0.160. The second-order valence-electron chi connectivity index (χ2n) is 6.39. The average Bonchev–Trinajstić information content (AvgIpc) is 2.98. The minimum Gasteiger partial charge on any atom is -0.495 e. The molecule has 1 heterocycles. The van der Waals surface area contributed by atoms with Gasteiger partial charge in [0.15, 0.2) is 0 Å². The third-order valence-corrected chi connectivity index (χ3v) is 6.46. The van der Waals surface area contributed by atoms with Crippen molar-refractivity contribution in [2.45, 2.75) is 30.6 Å². The fraction of sp³-hybridized carbons (Fsp3) is 0.350. The molecule has 0 radical (unpaired) electrons. The van der Waals surface area contributed by atoms with Crippen LogP contribution >= 0.6 is 0 Å². The predicted octanol–water partition coefficient (Wildman–Crippen LogP) is 3.48. The number of carbonyl (C=O) groups is 1. The van der Waals surface area contributed by atoms with Gasteiger partial charge in [0, 0.05) is 13.1 Å². The summed E-state index contributed by atoms with van der Waals surface area (Å²) in [5, 5.41) is 0. The van der Waals surface area contributed by atoms with Crippen molar-refractivity contribution in [3.8, 4) is 11.5 Å². The number of esters is 1. The standard InChI is InChI=1S/C20H23NO5S/c1-25-18-12-11-16(20(22)26-17-9-5-4-6-10-17)15-19(18)27(23,24)21-13-7-2-3-8-14-21/h4-6,9-12,15H,2-3,7-8,13-14H2,1H3. The maximum Gasteiger partial charge on any atom is 0.343 e. The molecule has 144 valence electrons. The van der Waals surface area contributed by atoms with Crippen molar-refractivity contribution in [2.24, 2.45) is 0 Å². The van der Waals surface area contributed by atoms with Crippen LogP contribution in [0.2, 0.25) is 0 Å². The van der Waals surface area contributed by atoms with Crippen LogP contribution in [0.4, 0.5) is 0 Å². The molecule has 0 bridgehead atoms. The second kappa shape index (κ2) is 8.54. The van der Waals surface area contributed by atoms with Crippen LogP contribution in [0.3, 0.4) is 0 Å². The van der Waals surface area contributed by atoms with Gasteiger partial charge in [0.25, 0.3) is 0 Å². The summed E-state index contributed by atoms with van der Waals surface area (Å²) in [6.07, 6.45) is 3.70. The number of hydrogen-bond donors (Lipinski definition) is 0. The molecule has 0 atom stereocenters. The molecule has 2 aromatic rings. The summed E-state index contributed by atoms with van der Waals surface area (Å²) in [7, 11) is -2.34. The monoisotopic (exact) mass is 389 g/mol. The first-order valence-corrected chi connectivity index (χ1v) is 10.4. The Morgan fingerprint density at radius 2 is 1.63 bits per heavy atom. The molecule has 0 unspecified atom stereocenters. The van der Waals surface area contributed by atoms with Gasteiger partial charge in [0.2, 0.25) is 10.0 Å². The molecule has 1 aliphatic heterocycles. The van der Waals surface area contributed by atoms with Crippen LogP contribution in [0.15, 0.2) is 53.4 Å². The van der Waals surface area contributed by atoms with Gasteiger partial charge in [-0.3, -0.25) is 0 Å². The van der Waals surface area contributed by atoms with Gasteiger partial charge >= 0.3 is 5.97 Å². The van der Waals surface area contributed by atoms with Gasteiger partial charge in [0.05, 0.1) is 12.7 Å². The van der Waals surface area contributed by atoms with Gasteiger partial charge in [-0.15, -0.1) is 0 Å². The van der Waals surface area contributed by atoms with E-state index >= 15 is 0 Å². The molecular weight excluding hydrogens is 366 g/mol. The van der Waals surface area contributed by atoms with Gasteiger partial charge in [-0.05, 0) is 43.2 Å². The lowest BCUT2D eigenvalue weighted by Crippen LogP contribution is -2.32. The summed E-state index contributed by atoms with van der Waals surface area (Å²) >= 11 is 0. The highest BCUT2D eigenvalue weighted by molar-refractivity contribution is 7.89. The Morgan fingerprint density at radius 3 is 2.26 bits per heavy atom. The van der Waals surface area contributed by atoms with Gasteiger partial charge in [-0.1, -0.05) is 31.0 Å². The second-order valence-corrected chi connectivity index (χ2v) is 8.29. The van der Waals surface area contributed by atoms with Crippen molar-refractivity contribution in [2.75, 3.05) is 20.2 Å². The maximum absolute atomic E-state index is 13.1. The van der Waals surface area contributed by atoms with E-state index in [1.807, 2.05) is 6.07 Å². The highest BCUT2D eigenvalue weighted by Crippen LogP contribution is 2.29. The molecule has 1 fully saturated rings. The van der Waals surface area contributed by atoms with E-state index in [2.05, 4.69) is 0 Å². The van der Waals surface area contributed by atoms with Gasteiger partial charge in [-0.25, -0.2) is 13.2 Å². The molecule has 1 aliphatic rings. The summed E-state index contributed by atoms with van der Waals surface area (Å²) in [6.45, 7) is 0.953. The number of sulfonamides is 1. The normalized spacial score (nSPS) is 15.7. The van der Waals surface area contributed by atoms with E-state index in [-0.39, 0.29) is 16.2 Å². The lowest BCUT2D eigenvalue weighted by molar-refractivity contribution is 0.0734. The Balaban J connectivity index is 1.92. The lowest BCUT2D eigenvalue weighted by Gasteiger charge is -2.21. The lowest BCUT2D eigenvalue weighted by atomic mass is 10.2. The van der Waals surface area contributed by atoms with E-state index < -0.39 is 16.0 Å². The molecule has 0 saturated carbocycles. The SMILES string of the molecule is COc1ccc(C(=O)Oc2ccccc2)cc1S(=O)(=O)N1CCCCCC1. The van der Waals surface area contributed by atoms with Crippen molar-refractivity contribution in [1.82, 2.24) is 4.31 Å². The molecule has 0 amide bonds. The molecule has 0 spiro atoms. The molecule has 1 saturated heterocycles. The average molecular weight is 389 g/mol. The molecule has 3 rings (SSSR count). The zero-order chi connectivity index (χ0) is 19.3. The molecule has 0 aromatic heterocycles. The van der Waals surface area contributed by atoms with Crippen LogP contribution in [0.25, 0.3) is 0 Å². The number of methoxy groups -OCH3 is 1. The molecular formula is C20H23NO5S. The van der Waals surface area contributed by atoms with E-state index in [1.165, 1.54) is 29.6 Å². The smallest absolute Gasteiger partial charge is 0.343 e. The van der Waals surface area contributed by atoms with Crippen LogP contribution < -0.4 is 9.47 Å². The fourth-order valence-corrected chi connectivity index (χ4v) is 4.78. The summed E-state index contributed by atoms with van der Waals surface area (Å²) in [6, 6.07) is 13.0. The number of rotatable bonds is 5. The summed E-state index contributed by atoms with van der Waals surface area (Å²) < 4.78 is 38.3. The number of benzene rings is 2. The van der Waals surface area contributed by atoms with Crippen molar-refractivity contribution in [1.29, 1.82) is 0 Å². The van der Waals surface area contributed by atoms with Gasteiger partial charge < -0.3 is 9.47 Å². The summed E-state index contributed by atoms with van der Waals surface area (Å²) in [5.74, 6) is 0.00178. The molecule has 27 heavy (non-hydrogen) atoms. The minimum atomic E-state index is -3.76. The van der Waals surface area contributed by atoms with Gasteiger partial charge in [-0.2, -0.15) is 4.31 Å². The van der Waals surface area contributed by atoms with Crippen LogP contribution in [0, 0.1) is 0 Å². The zero-order valence-corrected chi connectivity index (χ0v) is 16.1. The Kier molecular flexibility index (Phi) is 6.13. The molecule has 7 heteroatoms. The van der Waals surface area contributed by atoms with E-state index in [0.29, 0.717) is 18.8 Å². The highest BCUT2D eigenvalue weighted by atomic mass is 32.2. The van der Waals surface area contributed by atoms with Crippen LogP contribution in [0.1, 0.15) is 36.0 Å². The molecule has 0 aliphatic carbocycles.